The second kappa shape index (κ2) is 9.55. The van der Waals surface area contributed by atoms with Crippen LogP contribution in [0.5, 0.6) is 17.2 Å². The summed E-state index contributed by atoms with van der Waals surface area (Å²) >= 11 is 0. The lowest BCUT2D eigenvalue weighted by atomic mass is 10.1. The summed E-state index contributed by atoms with van der Waals surface area (Å²) < 4.78 is 39.9. The van der Waals surface area contributed by atoms with Crippen LogP contribution in [-0.4, -0.2) is 26.7 Å². The number of hydrogen-bond acceptors (Lipinski definition) is 5. The average Bonchev–Trinajstić information content (AvgIpc) is 2.69. The van der Waals surface area contributed by atoms with Crippen LogP contribution in [0, 0.1) is 25.2 Å². The van der Waals surface area contributed by atoms with E-state index >= 15 is 0 Å². The number of carbonyl (C=O) groups excluding carboxylic acids is 1. The number of rotatable bonds is 7. The number of nitrogens with zero attached hydrogens (tertiary/aromatic N) is 1. The Morgan fingerprint density at radius 3 is 2.21 bits per heavy atom. The number of benzene rings is 2. The molecule has 8 heteroatoms. The van der Waals surface area contributed by atoms with Gasteiger partial charge in [-0.3, -0.25) is 4.79 Å². The summed E-state index contributed by atoms with van der Waals surface area (Å²) in [7, 11) is 2.55. The second-order valence-corrected chi connectivity index (χ2v) is 6.06. The molecule has 6 nitrogen and oxygen atoms in total. The van der Waals surface area contributed by atoms with Crippen molar-refractivity contribution in [3.8, 4) is 23.3 Å². The molecule has 2 aromatic carbocycles. The molecule has 29 heavy (non-hydrogen) atoms. The van der Waals surface area contributed by atoms with E-state index in [2.05, 4.69) is 10.1 Å². The fraction of sp³-hybridized carbons (Fsp3) is 0.238. The molecule has 0 aromatic heterocycles. The Kier molecular flexibility index (Phi) is 7.15. The number of aryl methyl sites for hydroxylation is 2. The van der Waals surface area contributed by atoms with E-state index in [1.807, 2.05) is 26.0 Å². The third-order valence-electron chi connectivity index (χ3n) is 4.13. The highest BCUT2D eigenvalue weighted by Gasteiger charge is 2.18. The minimum atomic E-state index is -3.07. The summed E-state index contributed by atoms with van der Waals surface area (Å²) in [4.78, 5) is 12.5. The van der Waals surface area contributed by atoms with Gasteiger partial charge in [-0.15, -0.1) is 0 Å². The minimum absolute atomic E-state index is 0.0252. The molecule has 0 saturated heterocycles. The third-order valence-corrected chi connectivity index (χ3v) is 4.13. The zero-order valence-corrected chi connectivity index (χ0v) is 16.4. The molecular formula is C21H20F2N2O4. The van der Waals surface area contributed by atoms with Gasteiger partial charge in [-0.25, -0.2) is 0 Å². The van der Waals surface area contributed by atoms with Crippen LogP contribution < -0.4 is 19.5 Å². The Hall–Kier alpha value is -3.60. The van der Waals surface area contributed by atoms with E-state index in [4.69, 9.17) is 9.47 Å². The first-order valence-electron chi connectivity index (χ1n) is 8.50. The molecule has 0 atom stereocenters. The number of amides is 1. The summed E-state index contributed by atoms with van der Waals surface area (Å²) in [6, 6.07) is 9.95. The largest absolute Gasteiger partial charge is 0.493 e. The third kappa shape index (κ3) is 5.45. The molecule has 0 radical (unpaired) electrons. The highest BCUT2D eigenvalue weighted by Crippen LogP contribution is 2.40. The van der Waals surface area contributed by atoms with Crippen LogP contribution in [0.1, 0.15) is 16.7 Å². The molecule has 0 aliphatic heterocycles. The first-order valence-corrected chi connectivity index (χ1v) is 8.50. The quantitative estimate of drug-likeness (QED) is 0.546. The van der Waals surface area contributed by atoms with Gasteiger partial charge in [-0.1, -0.05) is 6.07 Å². The molecule has 0 saturated carbocycles. The van der Waals surface area contributed by atoms with E-state index in [1.165, 1.54) is 32.4 Å². The monoisotopic (exact) mass is 402 g/mol. The van der Waals surface area contributed by atoms with Crippen molar-refractivity contribution < 1.29 is 27.8 Å². The average molecular weight is 402 g/mol. The van der Waals surface area contributed by atoms with Crippen molar-refractivity contribution in [1.82, 2.24) is 0 Å². The predicted octanol–water partition coefficient (Wildman–Crippen LogP) is 4.47. The first-order chi connectivity index (χ1) is 13.8. The van der Waals surface area contributed by atoms with Gasteiger partial charge in [0.15, 0.2) is 11.5 Å². The van der Waals surface area contributed by atoms with Crippen molar-refractivity contribution in [3.63, 3.8) is 0 Å². The molecule has 0 unspecified atom stereocenters. The lowest BCUT2D eigenvalue weighted by molar-refractivity contribution is -0.112. The number of ether oxygens (including phenoxy) is 3. The Bertz CT molecular complexity index is 956. The Labute approximate surface area is 167 Å². The first kappa shape index (κ1) is 21.7. The number of nitrogens with one attached hydrogen (secondary N) is 1. The van der Waals surface area contributed by atoms with Gasteiger partial charge in [-0.05, 0) is 60.9 Å². The summed E-state index contributed by atoms with van der Waals surface area (Å²) in [5.41, 5.74) is 2.77. The molecule has 2 aromatic rings. The molecule has 0 spiro atoms. The van der Waals surface area contributed by atoms with E-state index in [9.17, 15) is 18.8 Å². The second-order valence-electron chi connectivity index (χ2n) is 6.06. The Morgan fingerprint density at radius 2 is 1.72 bits per heavy atom. The van der Waals surface area contributed by atoms with Crippen LogP contribution in [-0.2, 0) is 4.79 Å². The fourth-order valence-corrected chi connectivity index (χ4v) is 2.52. The standard InChI is InChI=1S/C21H20F2N2O4/c1-12-5-6-16(7-13(12)2)25-20(26)15(11-24)8-14-9-17(27-3)19(29-21(22)23)18(10-14)28-4/h5-10,21H,1-4H3,(H,25,26)/b15-8+. The van der Waals surface area contributed by atoms with Crippen LogP contribution in [0.4, 0.5) is 14.5 Å². The topological polar surface area (TPSA) is 80.6 Å². The normalized spacial score (nSPS) is 11.0. The van der Waals surface area contributed by atoms with E-state index < -0.39 is 12.5 Å². The van der Waals surface area contributed by atoms with Gasteiger partial charge in [0.25, 0.3) is 5.91 Å². The van der Waals surface area contributed by atoms with E-state index in [1.54, 1.807) is 12.1 Å². The molecule has 0 aliphatic rings. The summed E-state index contributed by atoms with van der Waals surface area (Å²) in [6.07, 6.45) is 1.30. The Balaban J connectivity index is 2.37. The smallest absolute Gasteiger partial charge is 0.387 e. The number of carbonyl (C=O) groups is 1. The summed E-state index contributed by atoms with van der Waals surface area (Å²) in [6.45, 7) is 0.787. The number of nitriles is 1. The molecule has 152 valence electrons. The maximum absolute atomic E-state index is 12.6. The van der Waals surface area contributed by atoms with Crippen molar-refractivity contribution >= 4 is 17.7 Å². The molecule has 2 rings (SSSR count). The maximum atomic E-state index is 12.6. The van der Waals surface area contributed by atoms with E-state index in [-0.39, 0.29) is 22.8 Å². The van der Waals surface area contributed by atoms with E-state index in [0.717, 1.165) is 11.1 Å². The fourth-order valence-electron chi connectivity index (χ4n) is 2.52. The number of hydrogen-bond donors (Lipinski definition) is 1. The Morgan fingerprint density at radius 1 is 1.10 bits per heavy atom. The van der Waals surface area contributed by atoms with E-state index in [0.29, 0.717) is 11.3 Å². The molecule has 1 amide bonds. The van der Waals surface area contributed by atoms with Gasteiger partial charge in [-0.2, -0.15) is 14.0 Å². The molecule has 0 fully saturated rings. The lowest BCUT2D eigenvalue weighted by Gasteiger charge is -2.14. The van der Waals surface area contributed by atoms with Crippen LogP contribution in [0.25, 0.3) is 6.08 Å². The number of methoxy groups -OCH3 is 2. The zero-order chi connectivity index (χ0) is 21.6. The summed E-state index contributed by atoms with van der Waals surface area (Å²) in [5, 5.41) is 12.1. The van der Waals surface area contributed by atoms with Gasteiger partial charge in [0.1, 0.15) is 11.6 Å². The van der Waals surface area contributed by atoms with Crippen LogP contribution in [0.3, 0.4) is 0 Å². The van der Waals surface area contributed by atoms with Gasteiger partial charge >= 0.3 is 6.61 Å². The molecular weight excluding hydrogens is 382 g/mol. The molecule has 0 bridgehead atoms. The SMILES string of the molecule is COc1cc(/C=C(\C#N)C(=O)Nc2ccc(C)c(C)c2)cc(OC)c1OC(F)F. The number of anilines is 1. The predicted molar refractivity (Wildman–Crippen MR) is 104 cm³/mol. The summed E-state index contributed by atoms with van der Waals surface area (Å²) in [5.74, 6) is -0.938. The lowest BCUT2D eigenvalue weighted by Crippen LogP contribution is -2.13. The van der Waals surface area contributed by atoms with Gasteiger partial charge in [0.2, 0.25) is 5.75 Å². The van der Waals surface area contributed by atoms with Crippen molar-refractivity contribution in [2.45, 2.75) is 20.5 Å². The van der Waals surface area contributed by atoms with Crippen molar-refractivity contribution in [2.24, 2.45) is 0 Å². The maximum Gasteiger partial charge on any atom is 0.387 e. The van der Waals surface area contributed by atoms with Crippen molar-refractivity contribution in [1.29, 1.82) is 5.26 Å². The van der Waals surface area contributed by atoms with Gasteiger partial charge < -0.3 is 19.5 Å². The number of halogens is 2. The van der Waals surface area contributed by atoms with Crippen LogP contribution in [0.15, 0.2) is 35.9 Å². The number of alkyl halides is 2. The van der Waals surface area contributed by atoms with Crippen LogP contribution >= 0.6 is 0 Å². The minimum Gasteiger partial charge on any atom is -0.493 e. The molecule has 0 aliphatic carbocycles. The highest BCUT2D eigenvalue weighted by atomic mass is 19.3. The molecule has 0 heterocycles. The zero-order valence-electron chi connectivity index (χ0n) is 16.4. The highest BCUT2D eigenvalue weighted by molar-refractivity contribution is 6.09. The van der Waals surface area contributed by atoms with Gasteiger partial charge in [0.05, 0.1) is 14.2 Å². The van der Waals surface area contributed by atoms with Crippen molar-refractivity contribution in [2.75, 3.05) is 19.5 Å². The molecule has 1 N–H and O–H groups in total. The van der Waals surface area contributed by atoms with Crippen molar-refractivity contribution in [3.05, 3.63) is 52.6 Å². The van der Waals surface area contributed by atoms with Gasteiger partial charge in [0, 0.05) is 5.69 Å². The van der Waals surface area contributed by atoms with Crippen LogP contribution in [0.2, 0.25) is 0 Å².